The third kappa shape index (κ3) is 5.10. The van der Waals surface area contributed by atoms with Crippen LogP contribution in [0.5, 0.6) is 0 Å². The van der Waals surface area contributed by atoms with Gasteiger partial charge in [0.2, 0.25) is 0 Å². The van der Waals surface area contributed by atoms with E-state index in [2.05, 4.69) is 15.6 Å². The van der Waals surface area contributed by atoms with Crippen molar-refractivity contribution in [2.45, 2.75) is 31.8 Å². The molecule has 2 atom stereocenters. The van der Waals surface area contributed by atoms with Gasteiger partial charge in [-0.15, -0.1) is 0 Å². The Balaban J connectivity index is 1.63. The molecule has 5 nitrogen and oxygen atoms in total. The van der Waals surface area contributed by atoms with Crippen LogP contribution in [0.1, 0.15) is 40.7 Å². The Labute approximate surface area is 169 Å². The van der Waals surface area contributed by atoms with Gasteiger partial charge in [0.1, 0.15) is 11.6 Å². The number of nitrogens with one attached hydrogen (secondary N) is 2. The molecule has 154 valence electrons. The topological polar surface area (TPSA) is 56.7 Å². The van der Waals surface area contributed by atoms with Gasteiger partial charge in [-0.25, -0.2) is 13.8 Å². The maximum Gasteiger partial charge on any atom is 0.253 e. The number of hydrogen-bond acceptors (Lipinski definition) is 2. The van der Waals surface area contributed by atoms with E-state index in [1.165, 1.54) is 23.1 Å². The van der Waals surface area contributed by atoms with Crippen LogP contribution in [0, 0.1) is 11.6 Å². The molecule has 2 unspecified atom stereocenters. The predicted octanol–water partition coefficient (Wildman–Crippen LogP) is 3.28. The third-order valence-corrected chi connectivity index (χ3v) is 4.85. The molecule has 1 aliphatic rings. The molecule has 2 aromatic rings. The molecule has 29 heavy (non-hydrogen) atoms. The first kappa shape index (κ1) is 20.8. The SMILES string of the molecule is CCNC(=NCc1ccc(C(=O)N(C)C)cc1)NC1CC1c1c(F)cccc1F. The first-order valence-corrected chi connectivity index (χ1v) is 9.70. The number of aliphatic imine (C=N–C) groups is 1. The molecule has 1 saturated carbocycles. The Morgan fingerprint density at radius 3 is 2.38 bits per heavy atom. The van der Waals surface area contributed by atoms with E-state index in [-0.39, 0.29) is 23.4 Å². The summed E-state index contributed by atoms with van der Waals surface area (Å²) >= 11 is 0. The van der Waals surface area contributed by atoms with E-state index in [1.54, 1.807) is 26.2 Å². The fraction of sp³-hybridized carbons (Fsp3) is 0.364. The van der Waals surface area contributed by atoms with Crippen molar-refractivity contribution in [2.75, 3.05) is 20.6 Å². The number of guanidine groups is 1. The monoisotopic (exact) mass is 400 g/mol. The van der Waals surface area contributed by atoms with Crippen molar-refractivity contribution in [3.05, 3.63) is 70.8 Å². The summed E-state index contributed by atoms with van der Waals surface area (Å²) < 4.78 is 27.9. The second-order valence-electron chi connectivity index (χ2n) is 7.32. The Kier molecular flexibility index (Phi) is 6.46. The summed E-state index contributed by atoms with van der Waals surface area (Å²) in [4.78, 5) is 18.0. The van der Waals surface area contributed by atoms with Gasteiger partial charge in [0, 0.05) is 43.7 Å². The number of benzene rings is 2. The van der Waals surface area contributed by atoms with E-state index in [9.17, 15) is 13.6 Å². The van der Waals surface area contributed by atoms with E-state index >= 15 is 0 Å². The van der Waals surface area contributed by atoms with Crippen molar-refractivity contribution in [3.8, 4) is 0 Å². The Bertz CT molecular complexity index is 876. The molecular formula is C22H26F2N4O. The lowest BCUT2D eigenvalue weighted by Crippen LogP contribution is -2.39. The molecule has 2 aromatic carbocycles. The van der Waals surface area contributed by atoms with Crippen LogP contribution in [0.3, 0.4) is 0 Å². The van der Waals surface area contributed by atoms with Gasteiger partial charge < -0.3 is 15.5 Å². The van der Waals surface area contributed by atoms with Crippen LogP contribution < -0.4 is 10.6 Å². The van der Waals surface area contributed by atoms with Crippen molar-refractivity contribution >= 4 is 11.9 Å². The quantitative estimate of drug-likeness (QED) is 0.578. The number of amides is 1. The Morgan fingerprint density at radius 2 is 1.79 bits per heavy atom. The van der Waals surface area contributed by atoms with Gasteiger partial charge in [-0.3, -0.25) is 4.79 Å². The summed E-state index contributed by atoms with van der Waals surface area (Å²) in [6.45, 7) is 3.06. The number of hydrogen-bond donors (Lipinski definition) is 2. The highest BCUT2D eigenvalue weighted by atomic mass is 19.1. The van der Waals surface area contributed by atoms with Crippen molar-refractivity contribution in [1.29, 1.82) is 0 Å². The fourth-order valence-electron chi connectivity index (χ4n) is 3.22. The van der Waals surface area contributed by atoms with Crippen LogP contribution in [-0.4, -0.2) is 43.4 Å². The zero-order valence-corrected chi connectivity index (χ0v) is 16.9. The molecule has 3 rings (SSSR count). The lowest BCUT2D eigenvalue weighted by Gasteiger charge is -2.12. The molecule has 0 heterocycles. The molecule has 1 fully saturated rings. The van der Waals surface area contributed by atoms with Gasteiger partial charge in [0.05, 0.1) is 6.54 Å². The number of nitrogens with zero attached hydrogens (tertiary/aromatic N) is 2. The molecule has 2 N–H and O–H groups in total. The minimum absolute atomic E-state index is 0.0461. The summed E-state index contributed by atoms with van der Waals surface area (Å²) in [6, 6.07) is 11.2. The zero-order valence-electron chi connectivity index (χ0n) is 16.9. The normalized spacial score (nSPS) is 18.3. The second-order valence-corrected chi connectivity index (χ2v) is 7.32. The Hall–Kier alpha value is -2.96. The highest BCUT2D eigenvalue weighted by Gasteiger charge is 2.42. The summed E-state index contributed by atoms with van der Waals surface area (Å²) in [6.07, 6.45) is 0.656. The summed E-state index contributed by atoms with van der Waals surface area (Å²) in [5.74, 6) is -0.654. The van der Waals surface area contributed by atoms with Crippen LogP contribution in [0.25, 0.3) is 0 Å². The van der Waals surface area contributed by atoms with E-state index < -0.39 is 11.6 Å². The largest absolute Gasteiger partial charge is 0.357 e. The van der Waals surface area contributed by atoms with Gasteiger partial charge in [0.15, 0.2) is 5.96 Å². The smallest absolute Gasteiger partial charge is 0.253 e. The molecule has 1 aliphatic carbocycles. The van der Waals surface area contributed by atoms with E-state index in [0.29, 0.717) is 31.0 Å². The highest BCUT2D eigenvalue weighted by Crippen LogP contribution is 2.43. The van der Waals surface area contributed by atoms with Gasteiger partial charge in [-0.1, -0.05) is 18.2 Å². The summed E-state index contributed by atoms with van der Waals surface area (Å²) in [5, 5.41) is 6.42. The van der Waals surface area contributed by atoms with Crippen molar-refractivity contribution in [2.24, 2.45) is 4.99 Å². The van der Waals surface area contributed by atoms with Gasteiger partial charge in [-0.2, -0.15) is 0 Å². The first-order chi connectivity index (χ1) is 13.9. The van der Waals surface area contributed by atoms with Crippen LogP contribution in [0.15, 0.2) is 47.5 Å². The number of rotatable bonds is 6. The fourth-order valence-corrected chi connectivity index (χ4v) is 3.22. The second kappa shape index (κ2) is 9.03. The van der Waals surface area contributed by atoms with E-state index in [1.807, 2.05) is 19.1 Å². The van der Waals surface area contributed by atoms with Gasteiger partial charge in [0.25, 0.3) is 5.91 Å². The van der Waals surface area contributed by atoms with Gasteiger partial charge in [-0.05, 0) is 43.2 Å². The predicted molar refractivity (Wildman–Crippen MR) is 110 cm³/mol. The number of halogens is 2. The van der Waals surface area contributed by atoms with Crippen LogP contribution in [0.4, 0.5) is 8.78 Å². The van der Waals surface area contributed by atoms with E-state index in [0.717, 1.165) is 5.56 Å². The number of carbonyl (C=O) groups excluding carboxylic acids is 1. The molecule has 0 radical (unpaired) electrons. The highest BCUT2D eigenvalue weighted by molar-refractivity contribution is 5.93. The molecule has 7 heteroatoms. The van der Waals surface area contributed by atoms with Crippen molar-refractivity contribution in [3.63, 3.8) is 0 Å². The molecular weight excluding hydrogens is 374 g/mol. The minimum Gasteiger partial charge on any atom is -0.357 e. The number of carbonyl (C=O) groups is 1. The van der Waals surface area contributed by atoms with Crippen LogP contribution in [0.2, 0.25) is 0 Å². The molecule has 0 aromatic heterocycles. The average molecular weight is 400 g/mol. The van der Waals surface area contributed by atoms with Crippen molar-refractivity contribution in [1.82, 2.24) is 15.5 Å². The molecule has 0 bridgehead atoms. The Morgan fingerprint density at radius 1 is 1.14 bits per heavy atom. The van der Waals surface area contributed by atoms with Crippen LogP contribution >= 0.6 is 0 Å². The third-order valence-electron chi connectivity index (χ3n) is 4.85. The van der Waals surface area contributed by atoms with Crippen molar-refractivity contribution < 1.29 is 13.6 Å². The lowest BCUT2D eigenvalue weighted by molar-refractivity contribution is 0.0827. The molecule has 0 aliphatic heterocycles. The van der Waals surface area contributed by atoms with E-state index in [4.69, 9.17) is 0 Å². The lowest BCUT2D eigenvalue weighted by atomic mass is 10.1. The van der Waals surface area contributed by atoms with Gasteiger partial charge >= 0.3 is 0 Å². The maximum absolute atomic E-state index is 14.0. The summed E-state index contributed by atoms with van der Waals surface area (Å²) in [7, 11) is 3.43. The average Bonchev–Trinajstić information content (AvgIpc) is 3.44. The zero-order chi connectivity index (χ0) is 21.0. The molecule has 0 spiro atoms. The maximum atomic E-state index is 14.0. The molecule has 0 saturated heterocycles. The summed E-state index contributed by atoms with van der Waals surface area (Å²) in [5.41, 5.74) is 1.73. The minimum atomic E-state index is -0.506. The standard InChI is InChI=1S/C22H26F2N4O/c1-4-25-22(26-13-14-8-10-15(11-9-14)21(29)28(2)3)27-19-12-16(19)20-17(23)6-5-7-18(20)24/h5-11,16,19H,4,12-13H2,1-3H3,(H2,25,26,27). The van der Waals surface area contributed by atoms with Crippen LogP contribution in [-0.2, 0) is 6.54 Å². The first-order valence-electron chi connectivity index (χ1n) is 9.70. The molecule has 1 amide bonds.